The first kappa shape index (κ1) is 37.9. The number of amides is 4. The largest absolute Gasteiger partial charge is 0.356 e. The SMILES string of the molecule is CS(=O)(=O)O.Cc1cc(-c2cc3c4c(cccc4c2)C(=O)N([C@H](C)CNCCNC[C@@H](C)N2C(=O)c4cccc5cc([N+](=O)[O-])cc(c45)C2=O)C3=O)on1. The molecule has 16 nitrogen and oxygen atoms in total. The van der Waals surface area contributed by atoms with Gasteiger partial charge in [0, 0.05) is 89.5 Å². The summed E-state index contributed by atoms with van der Waals surface area (Å²) in [6.45, 7) is 6.93. The molecule has 3 heterocycles. The Morgan fingerprint density at radius 1 is 0.778 bits per heavy atom. The van der Waals surface area contributed by atoms with Crippen molar-refractivity contribution in [1.29, 1.82) is 0 Å². The van der Waals surface area contributed by atoms with Gasteiger partial charge in [-0.1, -0.05) is 29.4 Å². The molecule has 0 spiro atoms. The van der Waals surface area contributed by atoms with Gasteiger partial charge in [-0.25, -0.2) is 0 Å². The highest BCUT2D eigenvalue weighted by molar-refractivity contribution is 7.85. The molecule has 2 aliphatic heterocycles. The lowest BCUT2D eigenvalue weighted by Crippen LogP contribution is -2.51. The topological polar surface area (TPSA) is 222 Å². The number of aromatic nitrogens is 1. The van der Waals surface area contributed by atoms with E-state index < -0.39 is 38.9 Å². The van der Waals surface area contributed by atoms with Crippen molar-refractivity contribution in [2.75, 3.05) is 32.4 Å². The summed E-state index contributed by atoms with van der Waals surface area (Å²) in [5.74, 6) is -1.23. The standard InChI is InChI=1S/C36H32N6O7.CH4O3S/c1-19-12-30(49-39-19)24-13-22-6-4-8-26-31(22)28(15-24)35(45)40(33(26)43)20(2)17-37-10-11-38-18-21(3)41-34(44)27-9-5-7-23-14-25(42(47)48)16-29(32(23)27)36(41)46;1-5(2,3)4/h4-9,12-16,20-21,37-38H,10-11,17-18H2,1-3H3;1H3,(H,2,3,4)/t20-,21-;/m1./s1. The van der Waals surface area contributed by atoms with Crippen LogP contribution < -0.4 is 10.6 Å². The first-order valence-corrected chi connectivity index (χ1v) is 18.7. The van der Waals surface area contributed by atoms with E-state index in [1.807, 2.05) is 26.0 Å². The lowest BCUT2D eigenvalue weighted by atomic mass is 9.91. The number of non-ortho nitro benzene ring substituents is 1. The number of nitrogens with one attached hydrogen (secondary N) is 2. The van der Waals surface area contributed by atoms with Crippen LogP contribution in [-0.4, -0.2) is 101 Å². The minimum absolute atomic E-state index is 0.131. The maximum Gasteiger partial charge on any atom is 0.270 e. The number of carbonyl (C=O) groups is 4. The predicted molar refractivity (Wildman–Crippen MR) is 198 cm³/mol. The third-order valence-electron chi connectivity index (χ3n) is 9.10. The molecule has 0 radical (unpaired) electrons. The van der Waals surface area contributed by atoms with E-state index in [2.05, 4.69) is 15.8 Å². The molecule has 0 saturated heterocycles. The first-order valence-electron chi connectivity index (χ1n) is 16.9. The molecule has 5 aromatic rings. The molecule has 2 aliphatic rings. The lowest BCUT2D eigenvalue weighted by Gasteiger charge is -2.32. The maximum atomic E-state index is 13.8. The van der Waals surface area contributed by atoms with E-state index in [4.69, 9.17) is 9.08 Å². The summed E-state index contributed by atoms with van der Waals surface area (Å²) in [5, 5.41) is 24.3. The van der Waals surface area contributed by atoms with E-state index in [9.17, 15) is 37.7 Å². The summed E-state index contributed by atoms with van der Waals surface area (Å²) in [7, 11) is -3.67. The fraction of sp³-hybridized carbons (Fsp3) is 0.270. The highest BCUT2D eigenvalue weighted by Gasteiger charge is 2.38. The Labute approximate surface area is 309 Å². The summed E-state index contributed by atoms with van der Waals surface area (Å²) in [6, 6.07) is 17.3. The highest BCUT2D eigenvalue weighted by atomic mass is 32.2. The molecule has 3 N–H and O–H groups in total. The zero-order valence-electron chi connectivity index (χ0n) is 29.7. The second-order valence-electron chi connectivity index (χ2n) is 13.2. The van der Waals surface area contributed by atoms with Crippen molar-refractivity contribution in [2.45, 2.75) is 32.9 Å². The van der Waals surface area contributed by atoms with Crippen LogP contribution in [0.25, 0.3) is 32.9 Å². The molecule has 17 heteroatoms. The summed E-state index contributed by atoms with van der Waals surface area (Å²) >= 11 is 0. The van der Waals surface area contributed by atoms with Crippen LogP contribution in [0.5, 0.6) is 0 Å². The van der Waals surface area contributed by atoms with Crippen molar-refractivity contribution in [3.8, 4) is 11.3 Å². The number of imide groups is 2. The Morgan fingerprint density at radius 3 is 1.70 bits per heavy atom. The number of rotatable bonds is 11. The first-order chi connectivity index (χ1) is 25.5. The van der Waals surface area contributed by atoms with Gasteiger partial charge in [0.15, 0.2) is 5.76 Å². The maximum absolute atomic E-state index is 13.8. The van der Waals surface area contributed by atoms with Crippen LogP contribution in [-0.2, 0) is 10.1 Å². The second kappa shape index (κ2) is 14.9. The van der Waals surface area contributed by atoms with Crippen LogP contribution in [0.1, 0.15) is 61.0 Å². The molecule has 1 aromatic heterocycles. The van der Waals surface area contributed by atoms with E-state index in [1.165, 1.54) is 17.0 Å². The average molecular weight is 757 g/mol. The minimum Gasteiger partial charge on any atom is -0.356 e. The third kappa shape index (κ3) is 7.47. The average Bonchev–Trinajstić information content (AvgIpc) is 3.56. The zero-order valence-corrected chi connectivity index (χ0v) is 30.5. The number of nitro benzene ring substituents is 1. The van der Waals surface area contributed by atoms with Crippen LogP contribution >= 0.6 is 0 Å². The van der Waals surface area contributed by atoms with E-state index in [0.717, 1.165) is 16.0 Å². The Morgan fingerprint density at radius 2 is 1.24 bits per heavy atom. The summed E-state index contributed by atoms with van der Waals surface area (Å²) < 4.78 is 31.3. The number of hydrogen-bond donors (Lipinski definition) is 3. The molecule has 0 fully saturated rings. The van der Waals surface area contributed by atoms with Crippen LogP contribution in [0.4, 0.5) is 5.69 Å². The molecular formula is C37H36N6O10S. The molecule has 0 aliphatic carbocycles. The fourth-order valence-corrected chi connectivity index (χ4v) is 6.77. The van der Waals surface area contributed by atoms with Gasteiger partial charge in [-0.2, -0.15) is 8.42 Å². The zero-order chi connectivity index (χ0) is 39.1. The van der Waals surface area contributed by atoms with Gasteiger partial charge in [-0.3, -0.25) is 43.6 Å². The number of nitrogens with zero attached hydrogens (tertiary/aromatic N) is 4. The Balaban J connectivity index is 0.000000934. The molecule has 280 valence electrons. The molecule has 54 heavy (non-hydrogen) atoms. The summed E-state index contributed by atoms with van der Waals surface area (Å²) in [4.78, 5) is 67.5. The number of aryl methyl sites for hydroxylation is 1. The quantitative estimate of drug-likeness (QED) is 0.0566. The number of carbonyl (C=O) groups excluding carboxylic acids is 4. The molecule has 2 atom stereocenters. The molecular weight excluding hydrogens is 721 g/mol. The van der Waals surface area contributed by atoms with E-state index >= 15 is 0 Å². The van der Waals surface area contributed by atoms with Crippen LogP contribution in [0, 0.1) is 17.0 Å². The molecule has 0 unspecified atom stereocenters. The molecule has 0 saturated carbocycles. The van der Waals surface area contributed by atoms with Gasteiger partial charge in [-0.15, -0.1) is 0 Å². The van der Waals surface area contributed by atoms with Gasteiger partial charge in [0.05, 0.1) is 22.4 Å². The monoisotopic (exact) mass is 756 g/mol. The Bertz CT molecular complexity index is 2470. The highest BCUT2D eigenvalue weighted by Crippen LogP contribution is 2.36. The normalized spacial score (nSPS) is 15.1. The lowest BCUT2D eigenvalue weighted by molar-refractivity contribution is -0.384. The van der Waals surface area contributed by atoms with Crippen molar-refractivity contribution < 1.29 is 41.6 Å². The van der Waals surface area contributed by atoms with Crippen LogP contribution in [0.15, 0.2) is 71.3 Å². The van der Waals surface area contributed by atoms with Crippen LogP contribution in [0.3, 0.4) is 0 Å². The van der Waals surface area contributed by atoms with Gasteiger partial charge >= 0.3 is 0 Å². The minimum atomic E-state index is -3.67. The molecule has 4 amide bonds. The molecule has 7 rings (SSSR count). The van der Waals surface area contributed by atoms with E-state index in [0.29, 0.717) is 70.1 Å². The summed E-state index contributed by atoms with van der Waals surface area (Å²) in [6.07, 6.45) is 0.715. The van der Waals surface area contributed by atoms with E-state index in [1.54, 1.807) is 49.4 Å². The number of nitro groups is 1. The van der Waals surface area contributed by atoms with Gasteiger partial charge in [-0.05, 0) is 55.8 Å². The Kier molecular flexibility index (Phi) is 10.4. The van der Waals surface area contributed by atoms with Crippen molar-refractivity contribution in [2.24, 2.45) is 0 Å². The van der Waals surface area contributed by atoms with Gasteiger partial charge in [0.25, 0.3) is 39.4 Å². The predicted octanol–water partition coefficient (Wildman–Crippen LogP) is 4.22. The smallest absolute Gasteiger partial charge is 0.270 e. The fourth-order valence-electron chi connectivity index (χ4n) is 6.77. The van der Waals surface area contributed by atoms with Crippen molar-refractivity contribution >= 4 is 61.0 Å². The van der Waals surface area contributed by atoms with Gasteiger partial charge in [0.1, 0.15) is 0 Å². The Hall–Kier alpha value is -5.88. The van der Waals surface area contributed by atoms with Crippen molar-refractivity contribution in [3.05, 3.63) is 105 Å². The third-order valence-corrected chi connectivity index (χ3v) is 9.10. The number of hydrogen-bond acceptors (Lipinski definition) is 12. The van der Waals surface area contributed by atoms with Gasteiger partial charge < -0.3 is 15.2 Å². The molecule has 4 aromatic carbocycles. The van der Waals surface area contributed by atoms with Crippen molar-refractivity contribution in [1.82, 2.24) is 25.6 Å². The van der Waals surface area contributed by atoms with Gasteiger partial charge in [0.2, 0.25) is 0 Å². The second-order valence-corrected chi connectivity index (χ2v) is 14.7. The van der Waals surface area contributed by atoms with E-state index in [-0.39, 0.29) is 29.6 Å². The summed E-state index contributed by atoms with van der Waals surface area (Å²) in [5.41, 5.74) is 2.55. The van der Waals surface area contributed by atoms with Crippen LogP contribution in [0.2, 0.25) is 0 Å². The van der Waals surface area contributed by atoms with Crippen molar-refractivity contribution in [3.63, 3.8) is 0 Å². The number of benzene rings is 4. The molecule has 0 bridgehead atoms.